The van der Waals surface area contributed by atoms with Crippen molar-refractivity contribution in [3.05, 3.63) is 81.9 Å². The molecule has 14 heteroatoms. The van der Waals surface area contributed by atoms with Crippen molar-refractivity contribution in [3.63, 3.8) is 0 Å². The fraction of sp³-hybridized carbons (Fsp3) is 0.0500. The van der Waals surface area contributed by atoms with E-state index in [1.807, 2.05) is 0 Å². The third kappa shape index (κ3) is 4.27. The van der Waals surface area contributed by atoms with Crippen LogP contribution in [0.5, 0.6) is 0 Å². The van der Waals surface area contributed by atoms with Crippen LogP contribution in [0.25, 0.3) is 11.0 Å². The lowest BCUT2D eigenvalue weighted by Gasteiger charge is -2.14. The topological polar surface area (TPSA) is 116 Å². The molecule has 0 fully saturated rings. The summed E-state index contributed by atoms with van der Waals surface area (Å²) in [7, 11) is -4.58. The Morgan fingerprint density at radius 2 is 1.88 bits per heavy atom. The summed E-state index contributed by atoms with van der Waals surface area (Å²) in [6.45, 7) is 0. The van der Waals surface area contributed by atoms with Gasteiger partial charge < -0.3 is 5.21 Å². The summed E-state index contributed by atoms with van der Waals surface area (Å²) in [6, 6.07) is 6.12. The number of sulfonamides is 1. The summed E-state index contributed by atoms with van der Waals surface area (Å²) in [5.41, 5.74) is -1.92. The highest BCUT2D eigenvalue weighted by Crippen LogP contribution is 2.36. The summed E-state index contributed by atoms with van der Waals surface area (Å²) in [6.07, 6.45) is -1.14. The first kappa shape index (κ1) is 23.8. The van der Waals surface area contributed by atoms with E-state index in [1.165, 1.54) is 30.6 Å². The smallest absolute Gasteiger partial charge is 0.350 e. The Morgan fingerprint density at radius 3 is 2.59 bits per heavy atom. The van der Waals surface area contributed by atoms with Crippen molar-refractivity contribution in [3.8, 4) is 0 Å². The maximum Gasteiger partial charge on any atom is 0.417 e. The van der Waals surface area contributed by atoms with Crippen molar-refractivity contribution in [2.45, 2.75) is 11.1 Å². The number of hydrogen-bond acceptors (Lipinski definition) is 5. The van der Waals surface area contributed by atoms with Gasteiger partial charge in [0.25, 0.3) is 10.0 Å². The monoisotopic (exact) mass is 531 g/mol. The molecule has 0 amide bonds. The number of nitrogens with zero attached hydrogens (tertiary/aromatic N) is 2. The molecule has 0 atom stereocenters. The number of carbonyl (C=O) groups is 1. The molecule has 3 N–H and O–H groups in total. The maximum absolute atomic E-state index is 13.3. The largest absolute Gasteiger partial charge is 0.417 e. The molecule has 0 saturated heterocycles. The van der Waals surface area contributed by atoms with E-state index in [-0.39, 0.29) is 33.0 Å². The predicted molar refractivity (Wildman–Crippen MR) is 116 cm³/mol. The molecule has 176 valence electrons. The van der Waals surface area contributed by atoms with E-state index >= 15 is 0 Å². The van der Waals surface area contributed by atoms with Crippen LogP contribution in [0.3, 0.4) is 0 Å². The highest BCUT2D eigenvalue weighted by Gasteiger charge is 2.35. The van der Waals surface area contributed by atoms with Gasteiger partial charge in [-0.15, -0.1) is 0 Å². The quantitative estimate of drug-likeness (QED) is 0.200. The second-order valence-electron chi connectivity index (χ2n) is 6.91. The normalized spacial score (nSPS) is 12.1. The lowest BCUT2D eigenvalue weighted by Crippen LogP contribution is -2.31. The average molecular weight is 532 g/mol. The molecule has 0 saturated carbocycles. The van der Waals surface area contributed by atoms with Crippen LogP contribution in [0.2, 0.25) is 10.0 Å². The third-order valence-corrected chi connectivity index (χ3v) is 6.73. The van der Waals surface area contributed by atoms with Crippen molar-refractivity contribution in [2.75, 3.05) is 4.72 Å². The van der Waals surface area contributed by atoms with Crippen LogP contribution in [0.15, 0.2) is 59.9 Å². The van der Waals surface area contributed by atoms with Gasteiger partial charge in [0, 0.05) is 6.20 Å². The Kier molecular flexibility index (Phi) is 5.92. The zero-order chi connectivity index (χ0) is 24.8. The second kappa shape index (κ2) is 8.46. The SMILES string of the molecule is O=C(c1ncccc1NS(=O)(=O)c1ccc(Cl)c(C(F)(F)F)c1)c1c(Cl)c[n+](O)c2[nH]ccc12. The summed E-state index contributed by atoms with van der Waals surface area (Å²) >= 11 is 11.7. The van der Waals surface area contributed by atoms with Crippen LogP contribution in [0.1, 0.15) is 21.6 Å². The van der Waals surface area contributed by atoms with Gasteiger partial charge in [0.1, 0.15) is 5.69 Å². The van der Waals surface area contributed by atoms with Gasteiger partial charge in [-0.25, -0.2) is 13.4 Å². The van der Waals surface area contributed by atoms with Crippen molar-refractivity contribution in [1.82, 2.24) is 9.97 Å². The molecule has 0 unspecified atom stereocenters. The Bertz CT molecular complexity index is 1560. The summed E-state index contributed by atoms with van der Waals surface area (Å²) in [5, 5.41) is 9.36. The maximum atomic E-state index is 13.3. The van der Waals surface area contributed by atoms with E-state index in [2.05, 4.69) is 14.7 Å². The molecule has 1 aromatic carbocycles. The first-order valence-corrected chi connectivity index (χ1v) is 11.4. The predicted octanol–water partition coefficient (Wildman–Crippen LogP) is 4.45. The summed E-state index contributed by atoms with van der Waals surface area (Å²) in [5.74, 6) is -0.791. The first-order chi connectivity index (χ1) is 15.9. The van der Waals surface area contributed by atoms with Gasteiger partial charge in [0.15, 0.2) is 6.20 Å². The molecule has 0 aliphatic heterocycles. The number of ketones is 1. The number of aromatic nitrogens is 3. The van der Waals surface area contributed by atoms with Crippen molar-refractivity contribution < 1.29 is 36.3 Å². The van der Waals surface area contributed by atoms with Gasteiger partial charge in [-0.3, -0.25) is 14.5 Å². The van der Waals surface area contributed by atoms with Gasteiger partial charge in [-0.05, 0) is 41.1 Å². The van der Waals surface area contributed by atoms with Gasteiger partial charge in [0.2, 0.25) is 5.78 Å². The number of pyridine rings is 2. The Hall–Kier alpha value is -3.35. The number of halogens is 5. The number of aromatic amines is 1. The fourth-order valence-electron chi connectivity index (χ4n) is 3.23. The Morgan fingerprint density at radius 1 is 1.15 bits per heavy atom. The van der Waals surface area contributed by atoms with E-state index in [0.717, 1.165) is 18.3 Å². The number of fused-ring (bicyclic) bond motifs is 1. The van der Waals surface area contributed by atoms with Crippen LogP contribution in [0, 0.1) is 0 Å². The number of benzene rings is 1. The number of hydrogen-bond donors (Lipinski definition) is 3. The third-order valence-electron chi connectivity index (χ3n) is 4.75. The molecule has 0 aliphatic carbocycles. The lowest BCUT2D eigenvalue weighted by molar-refractivity contribution is -0.885. The van der Waals surface area contributed by atoms with Gasteiger partial charge in [-0.1, -0.05) is 23.2 Å². The van der Waals surface area contributed by atoms with Crippen LogP contribution < -0.4 is 9.45 Å². The minimum Gasteiger partial charge on any atom is -0.350 e. The fourth-order valence-corrected chi connectivity index (χ4v) is 4.82. The molecule has 4 rings (SSSR count). The Labute approximate surface area is 199 Å². The molecule has 4 aromatic rings. The molecular weight excluding hydrogens is 520 g/mol. The van der Waals surface area contributed by atoms with Crippen LogP contribution in [-0.4, -0.2) is 29.4 Å². The van der Waals surface area contributed by atoms with Gasteiger partial charge in [-0.2, -0.15) is 13.2 Å². The van der Waals surface area contributed by atoms with Crippen LogP contribution in [-0.2, 0) is 16.2 Å². The molecule has 34 heavy (non-hydrogen) atoms. The van der Waals surface area contributed by atoms with E-state index < -0.39 is 37.5 Å². The standard InChI is InChI=1S/C20H11Cl2F3N4O4S/c21-13-4-3-10(8-12(13)20(23,24)25)34(32,33)28-15-2-1-6-26-17(15)18(30)16-11-5-7-27-19(11)29(31)9-14(16)22/h1-9,31H,(H,28,30)/p+1. The van der Waals surface area contributed by atoms with E-state index in [9.17, 15) is 31.6 Å². The number of alkyl halides is 3. The van der Waals surface area contributed by atoms with Crippen molar-refractivity contribution in [1.29, 1.82) is 0 Å². The number of H-pyrrole nitrogens is 1. The molecule has 0 spiro atoms. The number of rotatable bonds is 5. The van der Waals surface area contributed by atoms with Gasteiger partial charge >= 0.3 is 11.8 Å². The van der Waals surface area contributed by atoms with E-state index in [4.69, 9.17) is 23.2 Å². The molecular formula is C20H12Cl2F3N4O4S+. The first-order valence-electron chi connectivity index (χ1n) is 9.20. The van der Waals surface area contributed by atoms with Gasteiger partial charge in [0.05, 0.1) is 43.3 Å². The van der Waals surface area contributed by atoms with E-state index in [1.54, 1.807) is 0 Å². The highest BCUT2D eigenvalue weighted by atomic mass is 35.5. The molecule has 3 heterocycles. The average Bonchev–Trinajstić information content (AvgIpc) is 3.23. The number of nitrogens with one attached hydrogen (secondary N) is 2. The molecule has 3 aromatic heterocycles. The van der Waals surface area contributed by atoms with Crippen molar-refractivity contribution >= 4 is 55.7 Å². The summed E-state index contributed by atoms with van der Waals surface area (Å²) < 4.78 is 68.0. The zero-order valence-corrected chi connectivity index (χ0v) is 18.9. The van der Waals surface area contributed by atoms with Crippen LogP contribution in [0.4, 0.5) is 18.9 Å². The number of anilines is 1. The highest BCUT2D eigenvalue weighted by molar-refractivity contribution is 7.92. The number of carbonyl (C=O) groups excluding carboxylic acids is 1. The lowest BCUT2D eigenvalue weighted by atomic mass is 10.0. The van der Waals surface area contributed by atoms with E-state index in [0.29, 0.717) is 10.8 Å². The van der Waals surface area contributed by atoms with Crippen LogP contribution >= 0.6 is 23.2 Å². The molecule has 0 radical (unpaired) electrons. The second-order valence-corrected chi connectivity index (χ2v) is 9.41. The molecule has 0 bridgehead atoms. The minimum absolute atomic E-state index is 0.0757. The van der Waals surface area contributed by atoms with Crippen molar-refractivity contribution in [2.24, 2.45) is 0 Å². The zero-order valence-electron chi connectivity index (χ0n) is 16.6. The molecule has 0 aliphatic rings. The minimum atomic E-state index is -4.88. The Balaban J connectivity index is 1.78. The molecule has 8 nitrogen and oxygen atoms in total. The summed E-state index contributed by atoms with van der Waals surface area (Å²) in [4.78, 5) is 19.3.